The largest absolute Gasteiger partial charge is 0.466 e. The van der Waals surface area contributed by atoms with E-state index in [0.29, 0.717) is 25.5 Å². The highest BCUT2D eigenvalue weighted by Gasteiger charge is 2.12. The second-order valence-electron chi connectivity index (χ2n) is 4.82. The van der Waals surface area contributed by atoms with E-state index in [1.807, 2.05) is 0 Å². The number of nitrogens with one attached hydrogen (secondary N) is 1. The topological polar surface area (TPSA) is 111 Å². The van der Waals surface area contributed by atoms with Gasteiger partial charge in [-0.25, -0.2) is 9.97 Å². The monoisotopic (exact) mass is 338 g/mol. The molecule has 0 atom stereocenters. The maximum atomic E-state index is 11.7. The molecule has 9 nitrogen and oxygen atoms in total. The van der Waals surface area contributed by atoms with E-state index in [0.717, 1.165) is 0 Å². The minimum atomic E-state index is -0.563. The van der Waals surface area contributed by atoms with Crippen LogP contribution in [0.1, 0.15) is 19.8 Å². The molecule has 0 aliphatic heterocycles. The molecule has 0 saturated heterocycles. The summed E-state index contributed by atoms with van der Waals surface area (Å²) in [4.78, 5) is 43.8. The van der Waals surface area contributed by atoms with E-state index in [-0.39, 0.29) is 25.5 Å². The number of hydrogen-bond acceptors (Lipinski definition) is 8. The zero-order valence-electron chi connectivity index (χ0n) is 13.9. The van der Waals surface area contributed by atoms with Gasteiger partial charge in [0.25, 0.3) is 5.91 Å². The number of carbonyl (C=O) groups excluding carboxylic acids is 3. The zero-order valence-corrected chi connectivity index (χ0v) is 13.9. The lowest BCUT2D eigenvalue weighted by atomic mass is 10.3. The summed E-state index contributed by atoms with van der Waals surface area (Å²) in [6, 6.07) is 1.67. The molecule has 0 radical (unpaired) electrons. The lowest BCUT2D eigenvalue weighted by Crippen LogP contribution is -2.33. The van der Waals surface area contributed by atoms with E-state index >= 15 is 0 Å². The highest BCUT2D eigenvalue weighted by Crippen LogP contribution is 2.01. The summed E-state index contributed by atoms with van der Waals surface area (Å²) in [5.41, 5.74) is 0. The summed E-state index contributed by atoms with van der Waals surface area (Å²) in [6.45, 7) is 1.94. The van der Waals surface area contributed by atoms with Gasteiger partial charge in [-0.3, -0.25) is 14.4 Å². The summed E-state index contributed by atoms with van der Waals surface area (Å²) in [5.74, 6) is -0.903. The van der Waals surface area contributed by atoms with Gasteiger partial charge in [0.05, 0.1) is 6.61 Å². The van der Waals surface area contributed by atoms with Crippen LogP contribution in [0.25, 0.3) is 0 Å². The van der Waals surface area contributed by atoms with Gasteiger partial charge in [-0.05, 0) is 19.4 Å². The van der Waals surface area contributed by atoms with Crippen molar-refractivity contribution < 1.29 is 23.9 Å². The minimum Gasteiger partial charge on any atom is -0.466 e. The van der Waals surface area contributed by atoms with Crippen LogP contribution in [0.2, 0.25) is 0 Å². The molecule has 1 aromatic heterocycles. The molecule has 0 bridgehead atoms. The maximum absolute atomic E-state index is 11.7. The molecule has 0 aliphatic carbocycles. The van der Waals surface area contributed by atoms with Crippen molar-refractivity contribution in [3.8, 4) is 0 Å². The van der Waals surface area contributed by atoms with E-state index in [1.54, 1.807) is 32.4 Å². The van der Waals surface area contributed by atoms with E-state index in [2.05, 4.69) is 15.3 Å². The van der Waals surface area contributed by atoms with Crippen LogP contribution in [0.3, 0.4) is 0 Å². The Kier molecular flexibility index (Phi) is 8.80. The predicted octanol–water partition coefficient (Wildman–Crippen LogP) is -0.0845. The molecule has 1 heterocycles. The van der Waals surface area contributed by atoms with Crippen molar-refractivity contribution in [2.24, 2.45) is 0 Å². The Morgan fingerprint density at radius 2 is 1.88 bits per heavy atom. The molecule has 1 rings (SSSR count). The standard InChI is InChI=1S/C15H22N4O5/c1-3-23-13(21)6-4-7-16-12(20)11-24-14(22)10-19(2)15-17-8-5-9-18-15/h5,8-9H,3-4,6-7,10-11H2,1-2H3,(H,16,20). The molecule has 0 saturated carbocycles. The third kappa shape index (κ3) is 8.06. The molecule has 1 N–H and O–H groups in total. The number of rotatable bonds is 10. The third-order valence-corrected chi connectivity index (χ3v) is 2.81. The number of anilines is 1. The van der Waals surface area contributed by atoms with Crippen molar-refractivity contribution in [1.29, 1.82) is 0 Å². The van der Waals surface area contributed by atoms with Crippen LogP contribution in [-0.4, -0.2) is 61.2 Å². The number of carbonyl (C=O) groups is 3. The zero-order chi connectivity index (χ0) is 17.8. The molecule has 0 aromatic carbocycles. The molecule has 1 aromatic rings. The van der Waals surface area contributed by atoms with Gasteiger partial charge in [-0.15, -0.1) is 0 Å². The fraction of sp³-hybridized carbons (Fsp3) is 0.533. The van der Waals surface area contributed by atoms with Gasteiger partial charge in [-0.1, -0.05) is 0 Å². The van der Waals surface area contributed by atoms with Crippen LogP contribution in [0.5, 0.6) is 0 Å². The van der Waals surface area contributed by atoms with Crippen LogP contribution in [0.15, 0.2) is 18.5 Å². The molecular formula is C15H22N4O5. The molecule has 24 heavy (non-hydrogen) atoms. The maximum Gasteiger partial charge on any atom is 0.326 e. The van der Waals surface area contributed by atoms with Crippen molar-refractivity contribution in [2.75, 3.05) is 38.3 Å². The van der Waals surface area contributed by atoms with E-state index in [9.17, 15) is 14.4 Å². The number of esters is 2. The molecule has 0 fully saturated rings. The average Bonchev–Trinajstić information content (AvgIpc) is 2.58. The van der Waals surface area contributed by atoms with Gasteiger partial charge >= 0.3 is 11.9 Å². The number of hydrogen-bond donors (Lipinski definition) is 1. The van der Waals surface area contributed by atoms with Gasteiger partial charge in [0.15, 0.2) is 6.61 Å². The quantitative estimate of drug-likeness (QED) is 0.466. The van der Waals surface area contributed by atoms with Crippen LogP contribution in [0, 0.1) is 0 Å². The Bertz CT molecular complexity index is 538. The summed E-state index contributed by atoms with van der Waals surface area (Å²) >= 11 is 0. The minimum absolute atomic E-state index is 0.0693. The van der Waals surface area contributed by atoms with Crippen molar-refractivity contribution in [1.82, 2.24) is 15.3 Å². The Hall–Kier alpha value is -2.71. The van der Waals surface area contributed by atoms with E-state index < -0.39 is 11.9 Å². The summed E-state index contributed by atoms with van der Waals surface area (Å²) < 4.78 is 9.64. The Labute approximate surface area is 140 Å². The first-order valence-corrected chi connectivity index (χ1v) is 7.59. The second kappa shape index (κ2) is 10.9. The molecule has 0 spiro atoms. The first-order valence-electron chi connectivity index (χ1n) is 7.59. The number of nitrogens with zero attached hydrogens (tertiary/aromatic N) is 3. The number of ether oxygens (including phenoxy) is 2. The Morgan fingerprint density at radius 1 is 1.17 bits per heavy atom. The summed E-state index contributed by atoms with van der Waals surface area (Å²) in [7, 11) is 1.64. The average molecular weight is 338 g/mol. The normalized spacial score (nSPS) is 9.92. The number of aromatic nitrogens is 2. The third-order valence-electron chi connectivity index (χ3n) is 2.81. The van der Waals surface area contributed by atoms with Gasteiger partial charge in [0.1, 0.15) is 6.54 Å². The summed E-state index contributed by atoms with van der Waals surface area (Å²) in [6.07, 6.45) is 3.82. The van der Waals surface area contributed by atoms with Crippen molar-refractivity contribution >= 4 is 23.8 Å². The lowest BCUT2D eigenvalue weighted by Gasteiger charge is -2.15. The van der Waals surface area contributed by atoms with Crippen LogP contribution < -0.4 is 10.2 Å². The molecule has 0 aliphatic rings. The fourth-order valence-corrected chi connectivity index (χ4v) is 1.69. The molecule has 9 heteroatoms. The van der Waals surface area contributed by atoms with Crippen molar-refractivity contribution in [3.63, 3.8) is 0 Å². The lowest BCUT2D eigenvalue weighted by molar-refractivity contribution is -0.147. The van der Waals surface area contributed by atoms with Crippen molar-refractivity contribution in [3.05, 3.63) is 18.5 Å². The molecule has 0 unspecified atom stereocenters. The summed E-state index contributed by atoms with van der Waals surface area (Å²) in [5, 5.41) is 2.56. The predicted molar refractivity (Wildman–Crippen MR) is 85.1 cm³/mol. The van der Waals surface area contributed by atoms with Crippen molar-refractivity contribution in [2.45, 2.75) is 19.8 Å². The number of amides is 1. The van der Waals surface area contributed by atoms with Gasteiger partial charge in [0, 0.05) is 32.4 Å². The second-order valence-corrected chi connectivity index (χ2v) is 4.82. The highest BCUT2D eigenvalue weighted by molar-refractivity contribution is 5.82. The van der Waals surface area contributed by atoms with Crippen LogP contribution in [0.4, 0.5) is 5.95 Å². The van der Waals surface area contributed by atoms with Crippen LogP contribution >= 0.6 is 0 Å². The molecule has 132 valence electrons. The smallest absolute Gasteiger partial charge is 0.326 e. The molecular weight excluding hydrogens is 316 g/mol. The van der Waals surface area contributed by atoms with E-state index in [1.165, 1.54) is 4.90 Å². The SMILES string of the molecule is CCOC(=O)CCCNC(=O)COC(=O)CN(C)c1ncccn1. The van der Waals surface area contributed by atoms with E-state index in [4.69, 9.17) is 9.47 Å². The number of likely N-dealkylation sites (N-methyl/N-ethyl adjacent to an activating group) is 1. The van der Waals surface area contributed by atoms with Gasteiger partial charge in [0.2, 0.25) is 5.95 Å². The Morgan fingerprint density at radius 3 is 2.54 bits per heavy atom. The fourth-order valence-electron chi connectivity index (χ4n) is 1.69. The van der Waals surface area contributed by atoms with Crippen LogP contribution in [-0.2, 0) is 23.9 Å². The van der Waals surface area contributed by atoms with Gasteiger partial charge < -0.3 is 19.7 Å². The Balaban J connectivity index is 2.15. The first kappa shape index (κ1) is 19.3. The highest BCUT2D eigenvalue weighted by atomic mass is 16.5. The van der Waals surface area contributed by atoms with Gasteiger partial charge in [-0.2, -0.15) is 0 Å². The molecule has 1 amide bonds. The first-order chi connectivity index (χ1) is 11.5.